The number of pyridine rings is 1. The first-order valence-electron chi connectivity index (χ1n) is 11.4. The molecule has 2 aromatic heterocycles. The number of sulfone groups is 1. The molecule has 0 aliphatic carbocycles. The Kier molecular flexibility index (Phi) is 7.27. The molecule has 1 aliphatic heterocycles. The number of nitrogens with one attached hydrogen (secondary N) is 1. The summed E-state index contributed by atoms with van der Waals surface area (Å²) in [5.74, 6) is 0.969. The van der Waals surface area contributed by atoms with Crippen molar-refractivity contribution in [2.24, 2.45) is 0 Å². The normalized spacial score (nSPS) is 17.0. The Labute approximate surface area is 204 Å². The van der Waals surface area contributed by atoms with Gasteiger partial charge in [0.1, 0.15) is 0 Å². The number of carbonyl (C=O) groups is 1. The van der Waals surface area contributed by atoms with Crippen LogP contribution in [-0.4, -0.2) is 75.1 Å². The molecule has 0 bridgehead atoms. The fourth-order valence-corrected chi connectivity index (χ4v) is 6.06. The molecule has 3 aromatic rings. The Balaban J connectivity index is 1.86. The van der Waals surface area contributed by atoms with Crippen LogP contribution in [0.5, 0.6) is 11.5 Å². The van der Waals surface area contributed by atoms with E-state index in [1.807, 2.05) is 13.0 Å². The molecule has 4 rings (SSSR count). The standard InChI is InChI=1S/C24H30N4O6S/c1-15-22-18(24(29)25-9-5-10-32-2)13-19(16-6-7-20(33-3)21(12-16)34-4)26-23(22)28(27-15)17-8-11-35(30,31)14-17/h6-7,12-13,17H,5,8-11,14H2,1-4H3,(H,25,29). The van der Waals surface area contributed by atoms with Gasteiger partial charge in [0.05, 0.1) is 54.1 Å². The summed E-state index contributed by atoms with van der Waals surface area (Å²) in [6, 6.07) is 6.81. The first kappa shape index (κ1) is 24.9. The first-order chi connectivity index (χ1) is 16.8. The van der Waals surface area contributed by atoms with Gasteiger partial charge < -0.3 is 19.5 Å². The van der Waals surface area contributed by atoms with Gasteiger partial charge in [-0.25, -0.2) is 18.1 Å². The summed E-state index contributed by atoms with van der Waals surface area (Å²) in [5, 5.41) is 8.18. The van der Waals surface area contributed by atoms with Crippen molar-refractivity contribution in [2.45, 2.75) is 25.8 Å². The summed E-state index contributed by atoms with van der Waals surface area (Å²) in [6.45, 7) is 2.80. The molecule has 1 unspecified atom stereocenters. The van der Waals surface area contributed by atoms with Crippen LogP contribution in [0.1, 0.15) is 34.9 Å². The Bertz CT molecular complexity index is 1350. The van der Waals surface area contributed by atoms with Gasteiger partial charge in [-0.1, -0.05) is 0 Å². The van der Waals surface area contributed by atoms with Crippen LogP contribution in [0.3, 0.4) is 0 Å². The number of amides is 1. The van der Waals surface area contributed by atoms with E-state index < -0.39 is 9.84 Å². The summed E-state index contributed by atoms with van der Waals surface area (Å²) in [4.78, 5) is 18.1. The second-order valence-corrected chi connectivity index (χ2v) is 10.7. The molecule has 0 saturated carbocycles. The molecular weight excluding hydrogens is 472 g/mol. The monoisotopic (exact) mass is 502 g/mol. The van der Waals surface area contributed by atoms with E-state index >= 15 is 0 Å². The van der Waals surface area contributed by atoms with Crippen molar-refractivity contribution in [3.05, 3.63) is 35.5 Å². The minimum absolute atomic E-state index is 0.00400. The fraction of sp³-hybridized carbons (Fsp3) is 0.458. The topological polar surface area (TPSA) is 122 Å². The predicted octanol–water partition coefficient (Wildman–Crippen LogP) is 2.55. The number of rotatable bonds is 9. The molecule has 35 heavy (non-hydrogen) atoms. The van der Waals surface area contributed by atoms with Gasteiger partial charge in [0.25, 0.3) is 5.91 Å². The lowest BCUT2D eigenvalue weighted by atomic mass is 10.0. The second-order valence-electron chi connectivity index (χ2n) is 8.51. The number of benzene rings is 1. The lowest BCUT2D eigenvalue weighted by molar-refractivity contribution is 0.0950. The lowest BCUT2D eigenvalue weighted by Crippen LogP contribution is -2.25. The molecule has 3 heterocycles. The Hall–Kier alpha value is -3.18. The number of hydrogen-bond acceptors (Lipinski definition) is 8. The smallest absolute Gasteiger partial charge is 0.252 e. The van der Waals surface area contributed by atoms with Crippen molar-refractivity contribution < 1.29 is 27.4 Å². The molecule has 1 fully saturated rings. The average molecular weight is 503 g/mol. The molecular formula is C24H30N4O6S. The van der Waals surface area contributed by atoms with Crippen LogP contribution in [0.25, 0.3) is 22.3 Å². The zero-order valence-electron chi connectivity index (χ0n) is 20.3. The number of ether oxygens (including phenoxy) is 3. The number of fused-ring (bicyclic) bond motifs is 1. The Morgan fingerprint density at radius 3 is 2.60 bits per heavy atom. The van der Waals surface area contributed by atoms with E-state index in [-0.39, 0.29) is 23.5 Å². The summed E-state index contributed by atoms with van der Waals surface area (Å²) in [6.07, 6.45) is 1.14. The summed E-state index contributed by atoms with van der Waals surface area (Å²) >= 11 is 0. The molecule has 1 aromatic carbocycles. The summed E-state index contributed by atoms with van der Waals surface area (Å²) in [5.41, 5.74) is 2.81. The number of nitrogens with zero attached hydrogens (tertiary/aromatic N) is 3. The largest absolute Gasteiger partial charge is 0.493 e. The maximum absolute atomic E-state index is 13.3. The second kappa shape index (κ2) is 10.2. The van der Waals surface area contributed by atoms with E-state index in [1.54, 1.807) is 44.2 Å². The third-order valence-corrected chi connectivity index (χ3v) is 7.88. The molecule has 11 heteroatoms. The third-order valence-electron chi connectivity index (χ3n) is 6.13. The molecule has 1 aliphatic rings. The van der Waals surface area contributed by atoms with Gasteiger partial charge in [0, 0.05) is 25.8 Å². The van der Waals surface area contributed by atoms with Crippen LogP contribution < -0.4 is 14.8 Å². The molecule has 1 atom stereocenters. The molecule has 1 N–H and O–H groups in total. The molecule has 188 valence electrons. The van der Waals surface area contributed by atoms with Gasteiger partial charge >= 0.3 is 0 Å². The van der Waals surface area contributed by atoms with Crippen LogP contribution in [0.2, 0.25) is 0 Å². The predicted molar refractivity (Wildman–Crippen MR) is 132 cm³/mol. The van der Waals surface area contributed by atoms with Crippen LogP contribution in [0, 0.1) is 6.92 Å². The van der Waals surface area contributed by atoms with E-state index in [2.05, 4.69) is 10.4 Å². The molecule has 10 nitrogen and oxygen atoms in total. The van der Waals surface area contributed by atoms with E-state index in [1.165, 1.54) is 0 Å². The van der Waals surface area contributed by atoms with E-state index in [9.17, 15) is 13.2 Å². The van der Waals surface area contributed by atoms with Gasteiger partial charge in [0.2, 0.25) is 0 Å². The van der Waals surface area contributed by atoms with Crippen LogP contribution in [0.4, 0.5) is 0 Å². The zero-order valence-corrected chi connectivity index (χ0v) is 21.1. The van der Waals surface area contributed by atoms with Gasteiger partial charge in [-0.2, -0.15) is 5.10 Å². The van der Waals surface area contributed by atoms with E-state index in [0.29, 0.717) is 65.5 Å². The van der Waals surface area contributed by atoms with Gasteiger partial charge in [-0.15, -0.1) is 0 Å². The Morgan fingerprint density at radius 1 is 1.17 bits per heavy atom. The molecule has 1 amide bonds. The minimum Gasteiger partial charge on any atom is -0.493 e. The van der Waals surface area contributed by atoms with Gasteiger partial charge in [-0.05, 0) is 44.0 Å². The number of aromatic nitrogens is 3. The Morgan fingerprint density at radius 2 is 1.94 bits per heavy atom. The van der Waals surface area contributed by atoms with Crippen molar-refractivity contribution in [2.75, 3.05) is 46.0 Å². The zero-order chi connectivity index (χ0) is 25.2. The van der Waals surface area contributed by atoms with Crippen LogP contribution in [0.15, 0.2) is 24.3 Å². The molecule has 0 radical (unpaired) electrons. The number of carbonyl (C=O) groups excluding carboxylic acids is 1. The summed E-state index contributed by atoms with van der Waals surface area (Å²) < 4.78 is 41.8. The average Bonchev–Trinajstić information content (AvgIpc) is 3.39. The number of hydrogen-bond donors (Lipinski definition) is 1. The van der Waals surface area contributed by atoms with Gasteiger partial charge in [0.15, 0.2) is 27.0 Å². The third kappa shape index (κ3) is 5.10. The van der Waals surface area contributed by atoms with Crippen LogP contribution in [-0.2, 0) is 14.6 Å². The van der Waals surface area contributed by atoms with Crippen molar-refractivity contribution in [3.8, 4) is 22.8 Å². The fourth-order valence-electron chi connectivity index (χ4n) is 4.37. The van der Waals surface area contributed by atoms with Crippen molar-refractivity contribution in [3.63, 3.8) is 0 Å². The van der Waals surface area contributed by atoms with Crippen LogP contribution >= 0.6 is 0 Å². The first-order valence-corrected chi connectivity index (χ1v) is 13.2. The van der Waals surface area contributed by atoms with Gasteiger partial charge in [-0.3, -0.25) is 4.79 Å². The van der Waals surface area contributed by atoms with E-state index in [0.717, 1.165) is 5.56 Å². The maximum Gasteiger partial charge on any atom is 0.252 e. The lowest BCUT2D eigenvalue weighted by Gasteiger charge is -2.13. The quantitative estimate of drug-likeness (QED) is 0.443. The van der Waals surface area contributed by atoms with Crippen molar-refractivity contribution >= 4 is 26.8 Å². The highest BCUT2D eigenvalue weighted by Crippen LogP contribution is 2.35. The minimum atomic E-state index is -3.14. The molecule has 1 saturated heterocycles. The van der Waals surface area contributed by atoms with Crippen molar-refractivity contribution in [1.29, 1.82) is 0 Å². The highest BCUT2D eigenvalue weighted by Gasteiger charge is 2.32. The maximum atomic E-state index is 13.3. The number of aryl methyl sites for hydroxylation is 1. The number of methoxy groups -OCH3 is 3. The van der Waals surface area contributed by atoms with Crippen molar-refractivity contribution in [1.82, 2.24) is 20.1 Å². The highest BCUT2D eigenvalue weighted by atomic mass is 32.2. The van der Waals surface area contributed by atoms with E-state index in [4.69, 9.17) is 19.2 Å². The highest BCUT2D eigenvalue weighted by molar-refractivity contribution is 7.91. The summed E-state index contributed by atoms with van der Waals surface area (Å²) in [7, 11) is 1.59. The molecule has 0 spiro atoms. The SMILES string of the molecule is COCCCNC(=O)c1cc(-c2ccc(OC)c(OC)c2)nc2c1c(C)nn2C1CCS(=O)(=O)C1.